The monoisotopic (exact) mass is 269 g/mol. The number of morpholine rings is 1. The van der Waals surface area contributed by atoms with Crippen molar-refractivity contribution in [3.8, 4) is 0 Å². The molecule has 1 fully saturated rings. The molecule has 0 bridgehead atoms. The first kappa shape index (κ1) is 14.0. The zero-order valence-corrected chi connectivity index (χ0v) is 11.0. The Kier molecular flexibility index (Phi) is 4.89. The average molecular weight is 269 g/mol. The number of ether oxygens (including phenoxy) is 1. The fourth-order valence-electron chi connectivity index (χ4n) is 2.11. The summed E-state index contributed by atoms with van der Waals surface area (Å²) in [7, 11) is 0. The Bertz CT molecular complexity index is 421. The van der Waals surface area contributed by atoms with Crippen molar-refractivity contribution in [2.75, 3.05) is 32.8 Å². The zero-order chi connectivity index (χ0) is 13.7. The van der Waals surface area contributed by atoms with Crippen LogP contribution in [0, 0.1) is 10.1 Å². The zero-order valence-electron chi connectivity index (χ0n) is 11.0. The highest BCUT2D eigenvalue weighted by Crippen LogP contribution is 2.15. The molecule has 2 heterocycles. The summed E-state index contributed by atoms with van der Waals surface area (Å²) < 4.78 is 10.7. The predicted molar refractivity (Wildman–Crippen MR) is 68.9 cm³/mol. The molecule has 0 aromatic carbocycles. The lowest BCUT2D eigenvalue weighted by molar-refractivity contribution is -0.402. The number of likely N-dealkylation sites (N-methyl/N-ethyl adjacent to an activating group) is 1. The van der Waals surface area contributed by atoms with Gasteiger partial charge in [0, 0.05) is 19.6 Å². The molecule has 1 unspecified atom stereocenters. The molecule has 7 nitrogen and oxygen atoms in total. The number of hydrogen-bond donors (Lipinski definition) is 1. The summed E-state index contributed by atoms with van der Waals surface area (Å²) in [4.78, 5) is 12.3. The molecule has 106 valence electrons. The van der Waals surface area contributed by atoms with E-state index in [2.05, 4.69) is 17.1 Å². The molecule has 1 aliphatic heterocycles. The van der Waals surface area contributed by atoms with Gasteiger partial charge in [-0.15, -0.1) is 0 Å². The highest BCUT2D eigenvalue weighted by molar-refractivity contribution is 5.17. The second-order valence-electron chi connectivity index (χ2n) is 4.51. The van der Waals surface area contributed by atoms with Crippen molar-refractivity contribution in [3.05, 3.63) is 28.0 Å². The first-order valence-electron chi connectivity index (χ1n) is 6.47. The van der Waals surface area contributed by atoms with Gasteiger partial charge in [0.05, 0.1) is 25.3 Å². The van der Waals surface area contributed by atoms with E-state index in [1.807, 2.05) is 0 Å². The van der Waals surface area contributed by atoms with E-state index in [9.17, 15) is 10.1 Å². The summed E-state index contributed by atoms with van der Waals surface area (Å²) in [6, 6.07) is 2.98. The van der Waals surface area contributed by atoms with Crippen LogP contribution in [0.5, 0.6) is 0 Å². The molecule has 0 saturated carbocycles. The van der Waals surface area contributed by atoms with Gasteiger partial charge in [0.25, 0.3) is 0 Å². The van der Waals surface area contributed by atoms with Crippen LogP contribution in [0.4, 0.5) is 5.88 Å². The second kappa shape index (κ2) is 6.65. The number of nitrogens with one attached hydrogen (secondary N) is 1. The molecule has 0 aliphatic carbocycles. The Morgan fingerprint density at radius 1 is 1.58 bits per heavy atom. The lowest BCUT2D eigenvalue weighted by atomic mass is 10.2. The van der Waals surface area contributed by atoms with Crippen LogP contribution in [0.15, 0.2) is 16.5 Å². The molecule has 0 spiro atoms. The highest BCUT2D eigenvalue weighted by Gasteiger charge is 2.19. The Hall–Kier alpha value is -1.44. The molecule has 2 rings (SSSR count). The quantitative estimate of drug-likeness (QED) is 0.613. The minimum atomic E-state index is -0.535. The molecule has 0 amide bonds. The maximum Gasteiger partial charge on any atom is 0.433 e. The molecule has 1 atom stereocenters. The predicted octanol–water partition coefficient (Wildman–Crippen LogP) is 0.998. The van der Waals surface area contributed by atoms with E-state index in [0.29, 0.717) is 18.8 Å². The lowest BCUT2D eigenvalue weighted by Crippen LogP contribution is -2.46. The van der Waals surface area contributed by atoms with E-state index in [-0.39, 0.29) is 12.0 Å². The van der Waals surface area contributed by atoms with Gasteiger partial charge in [0.15, 0.2) is 0 Å². The van der Waals surface area contributed by atoms with Gasteiger partial charge >= 0.3 is 5.88 Å². The van der Waals surface area contributed by atoms with Crippen LogP contribution in [0.1, 0.15) is 12.7 Å². The van der Waals surface area contributed by atoms with Gasteiger partial charge in [-0.05, 0) is 12.6 Å². The normalized spacial score (nSPS) is 20.6. The maximum absolute atomic E-state index is 10.5. The number of nitro groups is 1. The van der Waals surface area contributed by atoms with E-state index >= 15 is 0 Å². The van der Waals surface area contributed by atoms with E-state index in [4.69, 9.17) is 9.15 Å². The fraction of sp³-hybridized carbons (Fsp3) is 0.667. The summed E-state index contributed by atoms with van der Waals surface area (Å²) in [6.07, 6.45) is 0.165. The second-order valence-corrected chi connectivity index (χ2v) is 4.51. The average Bonchev–Trinajstić information content (AvgIpc) is 2.88. The molecule has 1 aliphatic rings. The van der Waals surface area contributed by atoms with Gasteiger partial charge < -0.3 is 14.5 Å². The van der Waals surface area contributed by atoms with Crippen molar-refractivity contribution in [1.82, 2.24) is 10.2 Å². The van der Waals surface area contributed by atoms with E-state index in [1.165, 1.54) is 6.07 Å². The van der Waals surface area contributed by atoms with Crippen LogP contribution in [-0.4, -0.2) is 48.7 Å². The van der Waals surface area contributed by atoms with Gasteiger partial charge in [-0.3, -0.25) is 15.0 Å². The number of hydrogen-bond acceptors (Lipinski definition) is 6. The van der Waals surface area contributed by atoms with E-state index in [1.54, 1.807) is 6.07 Å². The Balaban J connectivity index is 1.72. The standard InChI is InChI=1S/C12H19N3O4/c1-2-14-5-6-18-11(9-14)8-13-7-10-3-4-12(19-10)15(16)17/h3-4,11,13H,2,5-9H2,1H3. The number of nitrogens with zero attached hydrogens (tertiary/aromatic N) is 2. The van der Waals surface area contributed by atoms with Crippen molar-refractivity contribution in [2.45, 2.75) is 19.6 Å². The third kappa shape index (κ3) is 4.02. The SMILES string of the molecule is CCN1CCOC(CNCc2ccc([N+](=O)[O-])o2)C1. The van der Waals surface area contributed by atoms with Crippen molar-refractivity contribution >= 4 is 5.88 Å². The first-order valence-corrected chi connectivity index (χ1v) is 6.47. The topological polar surface area (TPSA) is 80.8 Å². The molecular weight excluding hydrogens is 250 g/mol. The van der Waals surface area contributed by atoms with Crippen LogP contribution < -0.4 is 5.32 Å². The maximum atomic E-state index is 10.5. The Morgan fingerprint density at radius 2 is 2.42 bits per heavy atom. The molecule has 1 aromatic rings. The van der Waals surface area contributed by atoms with Crippen LogP contribution in [0.3, 0.4) is 0 Å². The summed E-state index contributed by atoms with van der Waals surface area (Å²) in [5.74, 6) is 0.345. The van der Waals surface area contributed by atoms with Gasteiger partial charge in [-0.25, -0.2) is 0 Å². The molecular formula is C12H19N3O4. The van der Waals surface area contributed by atoms with Gasteiger partial charge in [0.1, 0.15) is 10.7 Å². The molecule has 19 heavy (non-hydrogen) atoms. The molecule has 1 aromatic heterocycles. The van der Waals surface area contributed by atoms with Crippen molar-refractivity contribution in [1.29, 1.82) is 0 Å². The summed E-state index contributed by atoms with van der Waals surface area (Å²) in [5.41, 5.74) is 0. The number of furan rings is 1. The molecule has 0 radical (unpaired) electrons. The summed E-state index contributed by atoms with van der Waals surface area (Å²) >= 11 is 0. The molecule has 1 N–H and O–H groups in total. The first-order chi connectivity index (χ1) is 9.19. The minimum Gasteiger partial charge on any atom is -0.404 e. The molecule has 1 saturated heterocycles. The van der Waals surface area contributed by atoms with Crippen LogP contribution in [-0.2, 0) is 11.3 Å². The summed E-state index contributed by atoms with van der Waals surface area (Å²) in [5, 5.41) is 13.7. The largest absolute Gasteiger partial charge is 0.433 e. The van der Waals surface area contributed by atoms with E-state index in [0.717, 1.165) is 26.2 Å². The lowest BCUT2D eigenvalue weighted by Gasteiger charge is -2.32. The fourth-order valence-corrected chi connectivity index (χ4v) is 2.11. The van der Waals surface area contributed by atoms with Crippen LogP contribution >= 0.6 is 0 Å². The van der Waals surface area contributed by atoms with Gasteiger partial charge in [0.2, 0.25) is 0 Å². The van der Waals surface area contributed by atoms with Crippen molar-refractivity contribution < 1.29 is 14.1 Å². The van der Waals surface area contributed by atoms with Crippen molar-refractivity contribution in [3.63, 3.8) is 0 Å². The Morgan fingerprint density at radius 3 is 3.11 bits per heavy atom. The third-order valence-electron chi connectivity index (χ3n) is 3.17. The summed E-state index contributed by atoms with van der Waals surface area (Å²) in [6.45, 7) is 7.01. The highest BCUT2D eigenvalue weighted by atomic mass is 16.6. The van der Waals surface area contributed by atoms with Crippen LogP contribution in [0.25, 0.3) is 0 Å². The van der Waals surface area contributed by atoms with Crippen molar-refractivity contribution in [2.24, 2.45) is 0 Å². The molecule has 7 heteroatoms. The van der Waals surface area contributed by atoms with E-state index < -0.39 is 4.92 Å². The van der Waals surface area contributed by atoms with Crippen LogP contribution in [0.2, 0.25) is 0 Å². The Labute approximate surface area is 111 Å². The van der Waals surface area contributed by atoms with Gasteiger partial charge in [-0.1, -0.05) is 6.92 Å². The smallest absolute Gasteiger partial charge is 0.404 e. The van der Waals surface area contributed by atoms with Gasteiger partial charge in [-0.2, -0.15) is 0 Å². The minimum absolute atomic E-state index is 0.165. The third-order valence-corrected chi connectivity index (χ3v) is 3.17. The number of rotatable bonds is 6.